The molecule has 1 heterocycles. The van der Waals surface area contributed by atoms with E-state index in [4.69, 9.17) is 11.6 Å². The smallest absolute Gasteiger partial charge is 0.151 e. The lowest BCUT2D eigenvalue weighted by Crippen LogP contribution is -2.27. The number of thiophene rings is 1. The van der Waals surface area contributed by atoms with Crippen LogP contribution in [0.3, 0.4) is 0 Å². The van der Waals surface area contributed by atoms with E-state index < -0.39 is 9.84 Å². The molecule has 0 bridgehead atoms. The van der Waals surface area contributed by atoms with Gasteiger partial charge in [0.25, 0.3) is 0 Å². The molecule has 0 aliphatic carbocycles. The first-order valence-corrected chi connectivity index (χ1v) is 8.69. The first-order valence-electron chi connectivity index (χ1n) is 5.67. The van der Waals surface area contributed by atoms with Crippen LogP contribution in [0.5, 0.6) is 0 Å². The molecule has 0 fully saturated rings. The van der Waals surface area contributed by atoms with Crippen LogP contribution in [-0.4, -0.2) is 26.5 Å². The summed E-state index contributed by atoms with van der Waals surface area (Å²) in [5.74, 6) is 0.398. The van der Waals surface area contributed by atoms with Gasteiger partial charge in [-0.05, 0) is 18.6 Å². The number of halogens is 1. The molecule has 6 heteroatoms. The van der Waals surface area contributed by atoms with Gasteiger partial charge < -0.3 is 5.32 Å². The van der Waals surface area contributed by atoms with Crippen LogP contribution >= 0.6 is 22.9 Å². The summed E-state index contributed by atoms with van der Waals surface area (Å²) in [6, 6.07) is 4.05. The van der Waals surface area contributed by atoms with Gasteiger partial charge in [-0.1, -0.05) is 25.4 Å². The second kappa shape index (κ2) is 6.73. The number of rotatable bonds is 7. The highest BCUT2D eigenvalue weighted by molar-refractivity contribution is 7.91. The molecule has 1 N–H and O–H groups in total. The fourth-order valence-electron chi connectivity index (χ4n) is 1.49. The van der Waals surface area contributed by atoms with Crippen molar-refractivity contribution in [3.05, 3.63) is 21.3 Å². The molecule has 0 unspecified atom stereocenters. The van der Waals surface area contributed by atoms with Crippen molar-refractivity contribution in [1.82, 2.24) is 5.32 Å². The van der Waals surface area contributed by atoms with Gasteiger partial charge in [0.15, 0.2) is 9.84 Å². The molecule has 0 radical (unpaired) electrons. The summed E-state index contributed by atoms with van der Waals surface area (Å²) < 4.78 is 23.5. The highest BCUT2D eigenvalue weighted by Gasteiger charge is 2.13. The first kappa shape index (κ1) is 15.0. The molecule has 17 heavy (non-hydrogen) atoms. The van der Waals surface area contributed by atoms with Crippen molar-refractivity contribution in [2.24, 2.45) is 0 Å². The topological polar surface area (TPSA) is 46.2 Å². The van der Waals surface area contributed by atoms with Gasteiger partial charge in [-0.2, -0.15) is 0 Å². The Morgan fingerprint density at radius 2 is 2.12 bits per heavy atom. The SMILES string of the molecule is CC[C@H](NCCS(=O)(=O)CC)c1ccc(Cl)s1. The molecule has 98 valence electrons. The molecular formula is C11H18ClNO2S2. The Bertz CT molecular complexity index is 442. The molecule has 1 atom stereocenters. The molecule has 0 aliphatic heterocycles. The normalized spacial score (nSPS) is 13.8. The summed E-state index contributed by atoms with van der Waals surface area (Å²) in [4.78, 5) is 1.16. The zero-order valence-electron chi connectivity index (χ0n) is 10.1. The summed E-state index contributed by atoms with van der Waals surface area (Å²) in [6.45, 7) is 4.23. The Morgan fingerprint density at radius 3 is 2.59 bits per heavy atom. The molecule has 3 nitrogen and oxygen atoms in total. The lowest BCUT2D eigenvalue weighted by Gasteiger charge is -2.15. The van der Waals surface area contributed by atoms with E-state index in [0.717, 1.165) is 15.6 Å². The van der Waals surface area contributed by atoms with Crippen molar-refractivity contribution in [2.75, 3.05) is 18.1 Å². The van der Waals surface area contributed by atoms with Crippen molar-refractivity contribution in [1.29, 1.82) is 0 Å². The molecule has 1 aromatic rings. The Morgan fingerprint density at radius 1 is 1.41 bits per heavy atom. The molecule has 0 aromatic carbocycles. The van der Waals surface area contributed by atoms with Gasteiger partial charge in [-0.15, -0.1) is 11.3 Å². The van der Waals surface area contributed by atoms with Crippen molar-refractivity contribution in [2.45, 2.75) is 26.3 Å². The Labute approximate surface area is 112 Å². The predicted molar refractivity (Wildman–Crippen MR) is 74.7 cm³/mol. The van der Waals surface area contributed by atoms with E-state index in [1.165, 1.54) is 11.3 Å². The third-order valence-corrected chi connectivity index (χ3v) is 5.64. The average Bonchev–Trinajstić information content (AvgIpc) is 2.71. The van der Waals surface area contributed by atoms with Gasteiger partial charge in [0.05, 0.1) is 10.1 Å². The fraction of sp³-hybridized carbons (Fsp3) is 0.636. The summed E-state index contributed by atoms with van der Waals surface area (Å²) in [5, 5.41) is 3.26. The minimum atomic E-state index is -2.89. The van der Waals surface area contributed by atoms with E-state index >= 15 is 0 Å². The van der Waals surface area contributed by atoms with Crippen LogP contribution in [0.15, 0.2) is 12.1 Å². The number of hydrogen-bond donors (Lipinski definition) is 1. The highest BCUT2D eigenvalue weighted by Crippen LogP contribution is 2.28. The van der Waals surface area contributed by atoms with Crippen molar-refractivity contribution in [3.8, 4) is 0 Å². The van der Waals surface area contributed by atoms with Gasteiger partial charge in [0.2, 0.25) is 0 Å². The molecule has 0 saturated heterocycles. The number of nitrogens with one attached hydrogen (secondary N) is 1. The van der Waals surface area contributed by atoms with Crippen LogP contribution in [0.1, 0.15) is 31.2 Å². The minimum Gasteiger partial charge on any atom is -0.308 e. The van der Waals surface area contributed by atoms with Crippen LogP contribution < -0.4 is 5.32 Å². The van der Waals surface area contributed by atoms with E-state index in [1.807, 2.05) is 12.1 Å². The Hall–Kier alpha value is -0.100. The van der Waals surface area contributed by atoms with Gasteiger partial charge in [0.1, 0.15) is 0 Å². The van der Waals surface area contributed by atoms with Crippen LogP contribution in [-0.2, 0) is 9.84 Å². The quantitative estimate of drug-likeness (QED) is 0.841. The van der Waals surface area contributed by atoms with Crippen molar-refractivity contribution < 1.29 is 8.42 Å². The van der Waals surface area contributed by atoms with Crippen LogP contribution in [0, 0.1) is 0 Å². The van der Waals surface area contributed by atoms with E-state index in [9.17, 15) is 8.42 Å². The van der Waals surface area contributed by atoms with E-state index in [-0.39, 0.29) is 17.5 Å². The maximum absolute atomic E-state index is 11.4. The third kappa shape index (κ3) is 4.95. The second-order valence-electron chi connectivity index (χ2n) is 3.79. The Kier molecular flexibility index (Phi) is 5.92. The standard InChI is InChI=1S/C11H18ClNO2S2/c1-3-9(10-5-6-11(12)16-10)13-7-8-17(14,15)4-2/h5-6,9,13H,3-4,7-8H2,1-2H3/t9-/m0/s1. The van der Waals surface area contributed by atoms with Crippen LogP contribution in [0.2, 0.25) is 4.34 Å². The molecule has 1 rings (SSSR count). The minimum absolute atomic E-state index is 0.194. The number of hydrogen-bond acceptors (Lipinski definition) is 4. The zero-order valence-corrected chi connectivity index (χ0v) is 12.5. The maximum atomic E-state index is 11.4. The van der Waals surface area contributed by atoms with E-state index in [1.54, 1.807) is 6.92 Å². The summed E-state index contributed by atoms with van der Waals surface area (Å²) in [7, 11) is -2.89. The molecular weight excluding hydrogens is 278 g/mol. The number of sulfone groups is 1. The third-order valence-electron chi connectivity index (χ3n) is 2.59. The summed E-state index contributed by atoms with van der Waals surface area (Å²) >= 11 is 7.42. The average molecular weight is 296 g/mol. The predicted octanol–water partition coefficient (Wildman–Crippen LogP) is 2.88. The van der Waals surface area contributed by atoms with E-state index in [2.05, 4.69) is 12.2 Å². The second-order valence-corrected chi connectivity index (χ2v) is 8.01. The van der Waals surface area contributed by atoms with Crippen molar-refractivity contribution >= 4 is 32.8 Å². The molecule has 0 saturated carbocycles. The van der Waals surface area contributed by atoms with Crippen molar-refractivity contribution in [3.63, 3.8) is 0 Å². The summed E-state index contributed by atoms with van der Waals surface area (Å²) in [6.07, 6.45) is 0.920. The zero-order chi connectivity index (χ0) is 12.9. The maximum Gasteiger partial charge on any atom is 0.151 e. The fourth-order valence-corrected chi connectivity index (χ4v) is 3.43. The molecule has 0 spiro atoms. The summed E-state index contributed by atoms with van der Waals surface area (Å²) in [5.41, 5.74) is 0. The van der Waals surface area contributed by atoms with Crippen LogP contribution in [0.4, 0.5) is 0 Å². The van der Waals surface area contributed by atoms with Crippen LogP contribution in [0.25, 0.3) is 0 Å². The van der Waals surface area contributed by atoms with E-state index in [0.29, 0.717) is 6.54 Å². The Balaban J connectivity index is 2.49. The largest absolute Gasteiger partial charge is 0.308 e. The van der Waals surface area contributed by atoms with Gasteiger partial charge in [-0.3, -0.25) is 0 Å². The first-order chi connectivity index (χ1) is 7.98. The molecule has 0 aliphatic rings. The van der Waals surface area contributed by atoms with Gasteiger partial charge in [0, 0.05) is 23.2 Å². The van der Waals surface area contributed by atoms with Gasteiger partial charge >= 0.3 is 0 Å². The lowest BCUT2D eigenvalue weighted by atomic mass is 10.2. The van der Waals surface area contributed by atoms with Gasteiger partial charge in [-0.25, -0.2) is 8.42 Å². The molecule has 1 aromatic heterocycles. The molecule has 0 amide bonds. The monoisotopic (exact) mass is 295 g/mol. The lowest BCUT2D eigenvalue weighted by molar-refractivity contribution is 0.538. The highest BCUT2D eigenvalue weighted by atomic mass is 35.5.